The number of halogens is 1. The summed E-state index contributed by atoms with van der Waals surface area (Å²) in [4.78, 5) is 0. The lowest BCUT2D eigenvalue weighted by molar-refractivity contribution is -0.00000839. The third-order valence-corrected chi connectivity index (χ3v) is 12.6. The van der Waals surface area contributed by atoms with Gasteiger partial charge in [-0.1, -0.05) is 79.7 Å². The number of aryl methyl sites for hydroxylation is 1. The molecule has 1 atom stereocenters. The van der Waals surface area contributed by atoms with Crippen LogP contribution in [0.4, 0.5) is 0 Å². The first kappa shape index (κ1) is 28.8. The van der Waals surface area contributed by atoms with Gasteiger partial charge in [-0.25, -0.2) is 0 Å². The summed E-state index contributed by atoms with van der Waals surface area (Å²) in [6, 6.07) is 39.6. The van der Waals surface area contributed by atoms with Gasteiger partial charge >= 0.3 is 0 Å². The van der Waals surface area contributed by atoms with E-state index in [-0.39, 0.29) is 29.8 Å². The smallest absolute Gasteiger partial charge is 0.188 e. The fraction of sp³-hybridized carbons (Fsp3) is 0.250. The topological polar surface area (TPSA) is 9.23 Å². The SMILES string of the molecule is CCC(O[Si](C)(C)C)[P+](c1ccccc1)(c1ccccc1)c1ccccc1.Cc1c2cccc1C2.[I-]. The van der Waals surface area contributed by atoms with Crippen molar-refractivity contribution in [1.82, 2.24) is 0 Å². The first-order valence-electron chi connectivity index (χ1n) is 12.7. The highest BCUT2D eigenvalue weighted by Gasteiger charge is 2.53. The lowest BCUT2D eigenvalue weighted by Crippen LogP contribution is -3.00. The van der Waals surface area contributed by atoms with Crippen molar-refractivity contribution in [1.29, 1.82) is 0 Å². The summed E-state index contributed by atoms with van der Waals surface area (Å²) < 4.78 is 6.90. The molecule has 36 heavy (non-hydrogen) atoms. The third kappa shape index (κ3) is 6.19. The Balaban J connectivity index is 0.000000337. The maximum Gasteiger partial charge on any atom is 0.188 e. The highest BCUT2D eigenvalue weighted by Crippen LogP contribution is 2.61. The molecule has 0 saturated carbocycles. The third-order valence-electron chi connectivity index (χ3n) is 6.70. The molecule has 188 valence electrons. The fourth-order valence-corrected chi connectivity index (χ4v) is 11.9. The Morgan fingerprint density at radius 1 is 0.667 bits per heavy atom. The van der Waals surface area contributed by atoms with Crippen LogP contribution in [0, 0.1) is 6.92 Å². The number of fused-ring (bicyclic) bond motifs is 2. The summed E-state index contributed by atoms with van der Waals surface area (Å²) in [5.41, 5.74) is 4.57. The second-order valence-electron chi connectivity index (χ2n) is 10.2. The van der Waals surface area contributed by atoms with E-state index >= 15 is 0 Å². The van der Waals surface area contributed by atoms with Crippen LogP contribution in [0.5, 0.6) is 0 Å². The van der Waals surface area contributed by atoms with Gasteiger partial charge in [0.2, 0.25) is 0 Å². The second kappa shape index (κ2) is 12.6. The molecule has 0 fully saturated rings. The summed E-state index contributed by atoms with van der Waals surface area (Å²) in [7, 11) is -3.67. The predicted molar refractivity (Wildman–Crippen MR) is 158 cm³/mol. The van der Waals surface area contributed by atoms with Crippen LogP contribution in [-0.2, 0) is 10.8 Å². The molecular formula is C32H38IOPSi. The van der Waals surface area contributed by atoms with Gasteiger partial charge in [0.05, 0.1) is 0 Å². The molecule has 0 heterocycles. The van der Waals surface area contributed by atoms with E-state index in [1.165, 1.54) is 39.0 Å². The minimum absolute atomic E-state index is 0. The summed E-state index contributed by atoms with van der Waals surface area (Å²) in [5, 5.41) is 4.19. The number of benzene rings is 4. The monoisotopic (exact) mass is 624 g/mol. The highest BCUT2D eigenvalue weighted by atomic mass is 127. The van der Waals surface area contributed by atoms with Gasteiger partial charge in [-0.15, -0.1) is 0 Å². The van der Waals surface area contributed by atoms with Gasteiger partial charge in [-0.05, 0) is 86.1 Å². The molecule has 1 unspecified atom stereocenters. The van der Waals surface area contributed by atoms with Crippen LogP contribution >= 0.6 is 7.26 Å². The van der Waals surface area contributed by atoms with Crippen molar-refractivity contribution in [3.63, 3.8) is 0 Å². The zero-order chi connectivity index (χ0) is 24.9. The van der Waals surface area contributed by atoms with Gasteiger partial charge in [-0.2, -0.15) is 0 Å². The summed E-state index contributed by atoms with van der Waals surface area (Å²) in [6.45, 7) is 11.4. The molecule has 0 saturated heterocycles. The second-order valence-corrected chi connectivity index (χ2v) is 18.2. The van der Waals surface area contributed by atoms with Crippen molar-refractivity contribution in [3.8, 4) is 0 Å². The molecule has 0 aromatic heterocycles. The van der Waals surface area contributed by atoms with Crippen LogP contribution in [0.3, 0.4) is 0 Å². The largest absolute Gasteiger partial charge is 1.00 e. The van der Waals surface area contributed by atoms with E-state index in [2.05, 4.69) is 143 Å². The van der Waals surface area contributed by atoms with E-state index in [9.17, 15) is 0 Å². The fourth-order valence-electron chi connectivity index (χ4n) is 5.00. The minimum atomic E-state index is -1.95. The van der Waals surface area contributed by atoms with Crippen LogP contribution in [0.1, 0.15) is 30.0 Å². The average Bonchev–Trinajstić information content (AvgIpc) is 2.90. The Kier molecular flexibility index (Phi) is 10.1. The molecule has 2 bridgehead atoms. The van der Waals surface area contributed by atoms with E-state index in [0.717, 1.165) is 6.42 Å². The molecule has 0 radical (unpaired) electrons. The van der Waals surface area contributed by atoms with Crippen LogP contribution in [0.25, 0.3) is 0 Å². The van der Waals surface area contributed by atoms with Crippen LogP contribution in [0.15, 0.2) is 109 Å². The Morgan fingerprint density at radius 2 is 1.06 bits per heavy atom. The van der Waals surface area contributed by atoms with Crippen molar-refractivity contribution < 1.29 is 28.4 Å². The lowest BCUT2D eigenvalue weighted by atomic mass is 9.86. The van der Waals surface area contributed by atoms with Crippen LogP contribution in [0.2, 0.25) is 19.6 Å². The average molecular weight is 625 g/mol. The van der Waals surface area contributed by atoms with Crippen LogP contribution < -0.4 is 39.9 Å². The molecule has 0 N–H and O–H groups in total. The number of hydrogen-bond donors (Lipinski definition) is 0. The molecule has 2 aliphatic rings. The van der Waals surface area contributed by atoms with Gasteiger partial charge in [0.1, 0.15) is 23.2 Å². The lowest BCUT2D eigenvalue weighted by Gasteiger charge is -2.37. The van der Waals surface area contributed by atoms with E-state index in [4.69, 9.17) is 4.43 Å². The zero-order valence-corrected chi connectivity index (χ0v) is 26.2. The first-order chi connectivity index (χ1) is 16.9. The summed E-state index contributed by atoms with van der Waals surface area (Å²) in [6.07, 6.45) is 2.22. The van der Waals surface area contributed by atoms with Crippen molar-refractivity contribution in [3.05, 3.63) is 126 Å². The van der Waals surface area contributed by atoms with Crippen molar-refractivity contribution in [2.75, 3.05) is 0 Å². The van der Waals surface area contributed by atoms with Crippen molar-refractivity contribution in [2.24, 2.45) is 0 Å². The number of rotatable bonds is 7. The Bertz CT molecular complexity index is 1110. The van der Waals surface area contributed by atoms with E-state index in [1.54, 1.807) is 0 Å². The van der Waals surface area contributed by atoms with Crippen molar-refractivity contribution >= 4 is 31.5 Å². The van der Waals surface area contributed by atoms with E-state index in [1.807, 2.05) is 0 Å². The molecule has 2 aliphatic carbocycles. The zero-order valence-electron chi connectivity index (χ0n) is 22.1. The number of hydrogen-bond acceptors (Lipinski definition) is 1. The molecule has 0 aliphatic heterocycles. The normalized spacial score (nSPS) is 12.9. The molecule has 0 spiro atoms. The molecule has 6 rings (SSSR count). The summed E-state index contributed by atoms with van der Waals surface area (Å²) >= 11 is 0. The first-order valence-corrected chi connectivity index (χ1v) is 17.9. The molecule has 4 aromatic carbocycles. The van der Waals surface area contributed by atoms with Gasteiger partial charge in [-0.3, -0.25) is 0 Å². The predicted octanol–water partition coefficient (Wildman–Crippen LogP) is 4.47. The minimum Gasteiger partial charge on any atom is -1.00 e. The van der Waals surface area contributed by atoms with Crippen molar-refractivity contribution in [2.45, 2.75) is 52.2 Å². The Labute approximate surface area is 236 Å². The van der Waals surface area contributed by atoms with Crippen LogP contribution in [-0.4, -0.2) is 14.2 Å². The molecule has 4 heteroatoms. The quantitative estimate of drug-likeness (QED) is 0.148. The van der Waals surface area contributed by atoms with Gasteiger partial charge < -0.3 is 28.4 Å². The molecule has 1 nitrogen and oxygen atoms in total. The van der Waals surface area contributed by atoms with Gasteiger partial charge in [0.15, 0.2) is 14.2 Å². The van der Waals surface area contributed by atoms with Gasteiger partial charge in [0.25, 0.3) is 0 Å². The Hall–Kier alpha value is -1.78. The Morgan fingerprint density at radius 3 is 1.31 bits per heavy atom. The van der Waals surface area contributed by atoms with Gasteiger partial charge in [0, 0.05) is 6.42 Å². The van der Waals surface area contributed by atoms with E-state index < -0.39 is 15.6 Å². The standard InChI is InChI=1S/C24H30OPSi.C8H8.HI/c1-5-24(25-27(2,3)4)26(21-15-9-6-10-16-21,22-17-11-7-12-18-22)23-19-13-8-14-20-23;1-6-7-3-2-4-8(6)5-7;/h6-20,24H,5H2,1-4H3;2-4H,5H2,1H3;1H/q+1;;/p-1. The molecule has 0 amide bonds. The highest BCUT2D eigenvalue weighted by molar-refractivity contribution is 7.96. The molecule has 4 aromatic rings. The van der Waals surface area contributed by atoms with E-state index in [0.29, 0.717) is 0 Å². The molecular weight excluding hydrogens is 586 g/mol. The summed E-state index contributed by atoms with van der Waals surface area (Å²) in [5.74, 6) is 0.177. The maximum absolute atomic E-state index is 6.90. The maximum atomic E-state index is 6.90.